The molecule has 3 aromatic carbocycles. The van der Waals surface area contributed by atoms with Gasteiger partial charge in [-0.3, -0.25) is 9.69 Å². The topological polar surface area (TPSA) is 99.4 Å². The number of phenols is 1. The minimum Gasteiger partial charge on any atom is -0.506 e. The third kappa shape index (κ3) is 5.70. The van der Waals surface area contributed by atoms with Crippen molar-refractivity contribution >= 4 is 68.1 Å². The predicted octanol–water partition coefficient (Wildman–Crippen LogP) is 6.32. The number of hydrogen-bond acceptors (Lipinski definition) is 6. The van der Waals surface area contributed by atoms with E-state index in [0.29, 0.717) is 36.6 Å². The fourth-order valence-electron chi connectivity index (χ4n) is 3.27. The number of thioether (sulfide) groups is 1. The zero-order chi connectivity index (χ0) is 25.1. The third-order valence-electron chi connectivity index (χ3n) is 5.07. The van der Waals surface area contributed by atoms with Gasteiger partial charge in [0.15, 0.2) is 5.17 Å². The molecule has 0 bridgehead atoms. The number of aromatic hydroxyl groups is 1. The lowest BCUT2D eigenvalue weighted by Crippen LogP contribution is -2.28. The van der Waals surface area contributed by atoms with Crippen LogP contribution >= 0.6 is 39.3 Å². The average Bonchev–Trinajstić information content (AvgIpc) is 3.11. The molecule has 0 radical (unpaired) electrons. The number of rotatable bonds is 6. The first-order valence-corrected chi connectivity index (χ1v) is 12.2. The lowest BCUT2D eigenvalue weighted by molar-refractivity contribution is -0.122. The van der Waals surface area contributed by atoms with E-state index in [1.54, 1.807) is 61.7 Å². The molecule has 3 aromatic rings. The number of hydrogen-bond donors (Lipinski definition) is 2. The Morgan fingerprint density at radius 3 is 2.49 bits per heavy atom. The van der Waals surface area contributed by atoms with Gasteiger partial charge in [0.1, 0.15) is 11.5 Å². The number of amides is 1. The molecule has 1 aliphatic heterocycles. The monoisotopic (exact) mass is 572 g/mol. The lowest BCUT2D eigenvalue weighted by Gasteiger charge is -2.16. The van der Waals surface area contributed by atoms with Gasteiger partial charge in [0, 0.05) is 10.6 Å². The molecule has 1 saturated heterocycles. The first-order valence-electron chi connectivity index (χ1n) is 10.2. The molecule has 0 aliphatic carbocycles. The van der Waals surface area contributed by atoms with Crippen molar-refractivity contribution in [3.8, 4) is 11.5 Å². The Bertz CT molecular complexity index is 1360. The number of carboxylic acid groups (broad SMARTS) is 1. The molecule has 0 spiro atoms. The van der Waals surface area contributed by atoms with Crippen molar-refractivity contribution in [1.29, 1.82) is 0 Å². The molecule has 0 aromatic heterocycles. The van der Waals surface area contributed by atoms with E-state index in [1.807, 2.05) is 0 Å². The second-order valence-corrected chi connectivity index (χ2v) is 9.72. The van der Waals surface area contributed by atoms with Crippen LogP contribution in [0.3, 0.4) is 0 Å². The highest BCUT2D eigenvalue weighted by atomic mass is 79.9. The van der Waals surface area contributed by atoms with Gasteiger partial charge in [-0.15, -0.1) is 0 Å². The molecule has 2 N–H and O–H groups in total. The number of carbonyl (C=O) groups is 2. The summed E-state index contributed by atoms with van der Waals surface area (Å²) in [4.78, 5) is 31.1. The van der Waals surface area contributed by atoms with Gasteiger partial charge in [0.05, 0.1) is 34.3 Å². The highest BCUT2D eigenvalue weighted by Crippen LogP contribution is 2.39. The SMILES string of the molecule is COc1ccc(N=C2S/C(=C\c3cc(Cl)cc(Br)c3O)C(=O)N2Cc2ccc(C(=O)O)cc2)cc1. The smallest absolute Gasteiger partial charge is 0.335 e. The normalized spacial score (nSPS) is 15.7. The van der Waals surface area contributed by atoms with Crippen molar-refractivity contribution in [3.05, 3.63) is 91.8 Å². The summed E-state index contributed by atoms with van der Waals surface area (Å²) in [5.74, 6) is -0.683. The molecule has 0 atom stereocenters. The minimum absolute atomic E-state index is 0.0355. The van der Waals surface area contributed by atoms with Gasteiger partial charge in [-0.2, -0.15) is 0 Å². The summed E-state index contributed by atoms with van der Waals surface area (Å²) in [5, 5.41) is 20.4. The van der Waals surface area contributed by atoms with Crippen LogP contribution < -0.4 is 4.74 Å². The van der Waals surface area contributed by atoms with E-state index in [0.717, 1.165) is 5.56 Å². The van der Waals surface area contributed by atoms with E-state index in [9.17, 15) is 14.7 Å². The fraction of sp³-hybridized carbons (Fsp3) is 0.0800. The van der Waals surface area contributed by atoms with E-state index >= 15 is 0 Å². The molecule has 1 amide bonds. The van der Waals surface area contributed by atoms with Crippen LogP contribution in [0.15, 0.2) is 75.0 Å². The molecular formula is C25H18BrClN2O5S. The van der Waals surface area contributed by atoms with Crippen LogP contribution in [0.25, 0.3) is 6.08 Å². The highest BCUT2D eigenvalue weighted by molar-refractivity contribution is 9.10. The predicted molar refractivity (Wildman–Crippen MR) is 140 cm³/mol. The van der Waals surface area contributed by atoms with Gasteiger partial charge in [0.25, 0.3) is 5.91 Å². The first kappa shape index (κ1) is 24.8. The Morgan fingerprint density at radius 2 is 1.86 bits per heavy atom. The van der Waals surface area contributed by atoms with Gasteiger partial charge in [-0.1, -0.05) is 23.7 Å². The second-order valence-electron chi connectivity index (χ2n) is 7.42. The molecule has 0 saturated carbocycles. The van der Waals surface area contributed by atoms with Crippen molar-refractivity contribution in [2.24, 2.45) is 4.99 Å². The molecule has 7 nitrogen and oxygen atoms in total. The summed E-state index contributed by atoms with van der Waals surface area (Å²) < 4.78 is 5.60. The number of methoxy groups -OCH3 is 1. The summed E-state index contributed by atoms with van der Waals surface area (Å²) in [5.41, 5.74) is 1.91. The lowest BCUT2D eigenvalue weighted by atomic mass is 10.1. The molecule has 10 heteroatoms. The number of carboxylic acids is 1. The number of ether oxygens (including phenoxy) is 1. The minimum atomic E-state index is -1.02. The van der Waals surface area contributed by atoms with Crippen molar-refractivity contribution in [3.63, 3.8) is 0 Å². The Kier molecular flexibility index (Phi) is 7.49. The molecule has 1 fully saturated rings. The van der Waals surface area contributed by atoms with E-state index in [-0.39, 0.29) is 23.8 Å². The van der Waals surface area contributed by atoms with Crippen LogP contribution in [0.4, 0.5) is 5.69 Å². The van der Waals surface area contributed by atoms with Gasteiger partial charge < -0.3 is 14.9 Å². The van der Waals surface area contributed by atoms with Crippen molar-refractivity contribution in [1.82, 2.24) is 4.90 Å². The number of benzene rings is 3. The molecule has 1 aliphatic rings. The van der Waals surface area contributed by atoms with Crippen LogP contribution in [-0.4, -0.2) is 39.3 Å². The first-order chi connectivity index (χ1) is 16.7. The summed E-state index contributed by atoms with van der Waals surface area (Å²) >= 11 is 10.6. The highest BCUT2D eigenvalue weighted by Gasteiger charge is 2.34. The molecule has 35 heavy (non-hydrogen) atoms. The standard InChI is InChI=1S/C25H18BrClN2O5S/c1-34-19-8-6-18(7-9-19)28-25-29(13-14-2-4-15(5-3-14)24(32)33)23(31)21(35-25)11-16-10-17(27)12-20(26)22(16)30/h2-12,30H,13H2,1H3,(H,32,33)/b21-11-,28-25?. The fourth-order valence-corrected chi connectivity index (χ4v) is 5.09. The average molecular weight is 574 g/mol. The Morgan fingerprint density at radius 1 is 1.17 bits per heavy atom. The quantitative estimate of drug-likeness (QED) is 0.335. The van der Waals surface area contributed by atoms with Crippen LogP contribution in [0.2, 0.25) is 5.02 Å². The van der Waals surface area contributed by atoms with E-state index in [4.69, 9.17) is 21.4 Å². The largest absolute Gasteiger partial charge is 0.506 e. The second kappa shape index (κ2) is 10.6. The third-order valence-corrected chi connectivity index (χ3v) is 6.90. The zero-order valence-corrected chi connectivity index (χ0v) is 21.4. The Hall–Kier alpha value is -3.27. The van der Waals surface area contributed by atoms with E-state index in [1.165, 1.54) is 28.8 Å². The Labute approximate surface area is 218 Å². The molecule has 1 heterocycles. The maximum Gasteiger partial charge on any atom is 0.335 e. The summed E-state index contributed by atoms with van der Waals surface area (Å²) in [7, 11) is 1.57. The summed E-state index contributed by atoms with van der Waals surface area (Å²) in [6.07, 6.45) is 1.57. The maximum absolute atomic E-state index is 13.4. The number of amidine groups is 1. The zero-order valence-electron chi connectivity index (χ0n) is 18.2. The Balaban J connectivity index is 1.72. The van der Waals surface area contributed by atoms with Gasteiger partial charge in [-0.05, 0) is 87.9 Å². The van der Waals surface area contributed by atoms with Crippen molar-refractivity contribution in [2.75, 3.05) is 7.11 Å². The number of nitrogens with zero attached hydrogens (tertiary/aromatic N) is 2. The van der Waals surface area contributed by atoms with Crippen LogP contribution in [0.5, 0.6) is 11.5 Å². The van der Waals surface area contributed by atoms with Crippen molar-refractivity contribution < 1.29 is 24.5 Å². The number of halogens is 2. The van der Waals surface area contributed by atoms with Gasteiger partial charge in [-0.25, -0.2) is 9.79 Å². The maximum atomic E-state index is 13.4. The summed E-state index contributed by atoms with van der Waals surface area (Å²) in [6.45, 7) is 0.184. The number of phenolic OH excluding ortho intramolecular Hbond substituents is 1. The molecule has 4 rings (SSSR count). The summed E-state index contributed by atoms with van der Waals surface area (Å²) in [6, 6.07) is 16.5. The van der Waals surface area contributed by atoms with E-state index < -0.39 is 5.97 Å². The van der Waals surface area contributed by atoms with Crippen LogP contribution in [0.1, 0.15) is 21.5 Å². The van der Waals surface area contributed by atoms with Gasteiger partial charge in [0.2, 0.25) is 0 Å². The van der Waals surface area contributed by atoms with Crippen molar-refractivity contribution in [2.45, 2.75) is 6.54 Å². The number of aromatic carboxylic acids is 1. The number of aliphatic imine (C=N–C) groups is 1. The van der Waals surface area contributed by atoms with Gasteiger partial charge >= 0.3 is 5.97 Å². The van der Waals surface area contributed by atoms with Crippen LogP contribution in [-0.2, 0) is 11.3 Å². The van der Waals surface area contributed by atoms with E-state index in [2.05, 4.69) is 20.9 Å². The molecule has 0 unspecified atom stereocenters. The molecule has 178 valence electrons. The number of carbonyl (C=O) groups excluding carboxylic acids is 1. The molecular weight excluding hydrogens is 556 g/mol. The van der Waals surface area contributed by atoms with Crippen LogP contribution in [0, 0.1) is 0 Å².